The number of rotatable bonds is 3. The SMILES string of the molecule is CCc1nocc1CC(C)Cl. The van der Waals surface area contributed by atoms with Crippen molar-refractivity contribution < 1.29 is 4.52 Å². The van der Waals surface area contributed by atoms with Gasteiger partial charge in [0, 0.05) is 10.9 Å². The Bertz CT molecular complexity index is 220. The molecule has 1 aromatic heterocycles. The van der Waals surface area contributed by atoms with Gasteiger partial charge in [-0.2, -0.15) is 0 Å². The van der Waals surface area contributed by atoms with Crippen molar-refractivity contribution in [2.24, 2.45) is 0 Å². The Kier molecular flexibility index (Phi) is 2.94. The van der Waals surface area contributed by atoms with Crippen LogP contribution in [0.3, 0.4) is 0 Å². The molecule has 0 bridgehead atoms. The zero-order valence-corrected chi connectivity index (χ0v) is 7.56. The molecule has 62 valence electrons. The van der Waals surface area contributed by atoms with Gasteiger partial charge in [-0.25, -0.2) is 0 Å². The number of halogens is 1. The van der Waals surface area contributed by atoms with Gasteiger partial charge in [0.05, 0.1) is 5.69 Å². The summed E-state index contributed by atoms with van der Waals surface area (Å²) < 4.78 is 4.83. The summed E-state index contributed by atoms with van der Waals surface area (Å²) in [5.74, 6) is 0. The Hall–Kier alpha value is -0.500. The molecule has 0 radical (unpaired) electrons. The highest BCUT2D eigenvalue weighted by molar-refractivity contribution is 6.20. The Morgan fingerprint density at radius 2 is 2.45 bits per heavy atom. The van der Waals surface area contributed by atoms with Gasteiger partial charge in [-0.15, -0.1) is 11.6 Å². The molecule has 0 spiro atoms. The van der Waals surface area contributed by atoms with Gasteiger partial charge in [-0.05, 0) is 19.8 Å². The first kappa shape index (κ1) is 8.60. The van der Waals surface area contributed by atoms with E-state index < -0.39 is 0 Å². The fourth-order valence-corrected chi connectivity index (χ4v) is 1.21. The molecule has 1 atom stereocenters. The summed E-state index contributed by atoms with van der Waals surface area (Å²) in [4.78, 5) is 0. The van der Waals surface area contributed by atoms with E-state index in [1.165, 1.54) is 0 Å². The van der Waals surface area contributed by atoms with Crippen molar-refractivity contribution in [3.63, 3.8) is 0 Å². The predicted molar refractivity (Wildman–Crippen MR) is 44.9 cm³/mol. The predicted octanol–water partition coefficient (Wildman–Crippen LogP) is 2.41. The third kappa shape index (κ3) is 2.22. The van der Waals surface area contributed by atoms with Crippen LogP contribution in [0.25, 0.3) is 0 Å². The van der Waals surface area contributed by atoms with Crippen LogP contribution >= 0.6 is 11.6 Å². The van der Waals surface area contributed by atoms with E-state index in [2.05, 4.69) is 12.1 Å². The third-order valence-electron chi connectivity index (χ3n) is 1.56. The molecule has 2 nitrogen and oxygen atoms in total. The van der Waals surface area contributed by atoms with Gasteiger partial charge < -0.3 is 4.52 Å². The fourth-order valence-electron chi connectivity index (χ4n) is 1.04. The van der Waals surface area contributed by atoms with Crippen LogP contribution in [0.1, 0.15) is 25.1 Å². The van der Waals surface area contributed by atoms with Crippen LogP contribution < -0.4 is 0 Å². The quantitative estimate of drug-likeness (QED) is 0.657. The average Bonchev–Trinajstić information content (AvgIpc) is 2.34. The van der Waals surface area contributed by atoms with Gasteiger partial charge in [0.15, 0.2) is 0 Å². The molecule has 0 N–H and O–H groups in total. The molecular weight excluding hydrogens is 162 g/mol. The van der Waals surface area contributed by atoms with E-state index >= 15 is 0 Å². The molecule has 0 aliphatic rings. The molecule has 1 rings (SSSR count). The van der Waals surface area contributed by atoms with Crippen molar-refractivity contribution in [2.45, 2.75) is 32.1 Å². The van der Waals surface area contributed by atoms with E-state index in [1.807, 2.05) is 6.92 Å². The second-order valence-electron chi connectivity index (χ2n) is 2.62. The number of alkyl halides is 1. The van der Waals surface area contributed by atoms with E-state index in [0.717, 1.165) is 24.1 Å². The van der Waals surface area contributed by atoms with E-state index in [1.54, 1.807) is 6.26 Å². The zero-order valence-electron chi connectivity index (χ0n) is 6.80. The Morgan fingerprint density at radius 1 is 1.73 bits per heavy atom. The first-order valence-electron chi connectivity index (χ1n) is 3.80. The lowest BCUT2D eigenvalue weighted by atomic mass is 10.1. The van der Waals surface area contributed by atoms with Gasteiger partial charge >= 0.3 is 0 Å². The normalized spacial score (nSPS) is 13.4. The van der Waals surface area contributed by atoms with Crippen LogP contribution in [0.15, 0.2) is 10.8 Å². The first-order valence-corrected chi connectivity index (χ1v) is 4.24. The summed E-state index contributed by atoms with van der Waals surface area (Å²) in [6, 6.07) is 0. The molecular formula is C8H12ClNO. The van der Waals surface area contributed by atoms with Gasteiger partial charge in [-0.1, -0.05) is 12.1 Å². The van der Waals surface area contributed by atoms with Gasteiger partial charge in [-0.3, -0.25) is 0 Å². The van der Waals surface area contributed by atoms with Crippen molar-refractivity contribution >= 4 is 11.6 Å². The van der Waals surface area contributed by atoms with E-state index in [9.17, 15) is 0 Å². The maximum atomic E-state index is 5.83. The Labute approximate surface area is 71.5 Å². The van der Waals surface area contributed by atoms with Crippen LogP contribution in [0.2, 0.25) is 0 Å². The smallest absolute Gasteiger partial charge is 0.127 e. The summed E-state index contributed by atoms with van der Waals surface area (Å²) in [6.45, 7) is 4.02. The van der Waals surface area contributed by atoms with Crippen molar-refractivity contribution in [3.8, 4) is 0 Å². The molecule has 0 aliphatic heterocycles. The Balaban J connectivity index is 2.68. The molecule has 0 saturated carbocycles. The molecule has 1 unspecified atom stereocenters. The van der Waals surface area contributed by atoms with Gasteiger partial charge in [0.25, 0.3) is 0 Å². The van der Waals surface area contributed by atoms with Crippen molar-refractivity contribution in [1.29, 1.82) is 0 Å². The highest BCUT2D eigenvalue weighted by atomic mass is 35.5. The summed E-state index contributed by atoms with van der Waals surface area (Å²) >= 11 is 5.83. The molecule has 1 aromatic rings. The molecule has 11 heavy (non-hydrogen) atoms. The number of hydrogen-bond acceptors (Lipinski definition) is 2. The highest BCUT2D eigenvalue weighted by Gasteiger charge is 2.07. The number of aromatic nitrogens is 1. The second-order valence-corrected chi connectivity index (χ2v) is 3.37. The number of nitrogens with zero attached hydrogens (tertiary/aromatic N) is 1. The molecule has 0 aromatic carbocycles. The third-order valence-corrected chi connectivity index (χ3v) is 1.72. The summed E-state index contributed by atoms with van der Waals surface area (Å²) in [5, 5.41) is 4.01. The molecule has 3 heteroatoms. The largest absolute Gasteiger partial charge is 0.364 e. The minimum absolute atomic E-state index is 0.152. The standard InChI is InChI=1S/C8H12ClNO/c1-3-8-7(4-6(2)9)5-11-10-8/h5-6H,3-4H2,1-2H3. The summed E-state index contributed by atoms with van der Waals surface area (Å²) in [6.07, 6.45) is 3.43. The van der Waals surface area contributed by atoms with Crippen LogP contribution in [0.4, 0.5) is 0 Å². The minimum atomic E-state index is 0.152. The van der Waals surface area contributed by atoms with Crippen LogP contribution in [-0.2, 0) is 12.8 Å². The molecule has 0 aliphatic carbocycles. The maximum absolute atomic E-state index is 5.83. The fraction of sp³-hybridized carbons (Fsp3) is 0.625. The van der Waals surface area contributed by atoms with Crippen LogP contribution in [-0.4, -0.2) is 10.5 Å². The Morgan fingerprint density at radius 3 is 3.00 bits per heavy atom. The van der Waals surface area contributed by atoms with E-state index in [0.29, 0.717) is 0 Å². The monoisotopic (exact) mass is 173 g/mol. The van der Waals surface area contributed by atoms with Crippen LogP contribution in [0, 0.1) is 0 Å². The van der Waals surface area contributed by atoms with Crippen molar-refractivity contribution in [1.82, 2.24) is 5.16 Å². The van der Waals surface area contributed by atoms with E-state index in [-0.39, 0.29) is 5.38 Å². The van der Waals surface area contributed by atoms with Crippen molar-refractivity contribution in [2.75, 3.05) is 0 Å². The maximum Gasteiger partial charge on any atom is 0.127 e. The number of hydrogen-bond donors (Lipinski definition) is 0. The average molecular weight is 174 g/mol. The lowest BCUT2D eigenvalue weighted by Crippen LogP contribution is -1.98. The summed E-state index contributed by atoms with van der Waals surface area (Å²) in [7, 11) is 0. The number of aryl methyl sites for hydroxylation is 1. The van der Waals surface area contributed by atoms with Crippen LogP contribution in [0.5, 0.6) is 0 Å². The lowest BCUT2D eigenvalue weighted by Gasteiger charge is -1.99. The van der Waals surface area contributed by atoms with E-state index in [4.69, 9.17) is 16.1 Å². The lowest BCUT2D eigenvalue weighted by molar-refractivity contribution is 0.412. The summed E-state index contributed by atoms with van der Waals surface area (Å²) in [5.41, 5.74) is 2.16. The molecule has 0 fully saturated rings. The highest BCUT2D eigenvalue weighted by Crippen LogP contribution is 2.12. The molecule has 0 saturated heterocycles. The van der Waals surface area contributed by atoms with Crippen molar-refractivity contribution in [3.05, 3.63) is 17.5 Å². The molecule has 0 amide bonds. The first-order chi connectivity index (χ1) is 5.24. The second kappa shape index (κ2) is 3.77. The minimum Gasteiger partial charge on any atom is -0.364 e. The van der Waals surface area contributed by atoms with Gasteiger partial charge in [0.1, 0.15) is 6.26 Å². The van der Waals surface area contributed by atoms with Gasteiger partial charge in [0.2, 0.25) is 0 Å². The zero-order chi connectivity index (χ0) is 8.27. The molecule has 1 heterocycles. The topological polar surface area (TPSA) is 26.0 Å².